The van der Waals surface area contributed by atoms with Gasteiger partial charge in [0, 0.05) is 12.2 Å². The Morgan fingerprint density at radius 1 is 0.750 bits per heavy atom. The molecule has 0 bridgehead atoms. The Hall–Kier alpha value is -0.0200. The van der Waals surface area contributed by atoms with Crippen LogP contribution in [-0.2, 0) is 4.79 Å². The fraction of sp³-hybridized carbons (Fsp3) is 0.960. The number of carbonyl (C=O) groups excluding carboxylic acids is 1. The molecule has 0 aromatic rings. The van der Waals surface area contributed by atoms with Gasteiger partial charge in [0.1, 0.15) is 0 Å². The van der Waals surface area contributed by atoms with Crippen molar-refractivity contribution in [2.75, 3.05) is 26.4 Å². The molecule has 2 nitrogen and oxygen atoms in total. The monoisotopic (exact) mass is 413 g/mol. The molecule has 0 aromatic carbocycles. The average Bonchev–Trinajstić information content (AvgIpc) is 2.66. The summed E-state index contributed by atoms with van der Waals surface area (Å²) in [6, 6.07) is 0. The second kappa shape index (κ2) is 20.3. The van der Waals surface area contributed by atoms with E-state index in [9.17, 15) is 4.79 Å². The predicted molar refractivity (Wildman–Crippen MR) is 129 cm³/mol. The smallest absolute Gasteiger partial charge is 0.188 e. The maximum Gasteiger partial charge on any atom is 0.188 e. The van der Waals surface area contributed by atoms with Crippen molar-refractivity contribution in [1.82, 2.24) is 4.90 Å². The molecule has 0 aliphatic heterocycles. The minimum atomic E-state index is 0.399. The third kappa shape index (κ3) is 19.3. The lowest BCUT2D eigenvalue weighted by Crippen LogP contribution is -2.13. The van der Waals surface area contributed by atoms with Crippen molar-refractivity contribution >= 4 is 16.9 Å². The van der Waals surface area contributed by atoms with E-state index in [1.54, 1.807) is 0 Å². The summed E-state index contributed by atoms with van der Waals surface area (Å²) in [6.07, 6.45) is 19.5. The van der Waals surface area contributed by atoms with E-state index in [0.29, 0.717) is 5.12 Å². The van der Waals surface area contributed by atoms with Crippen molar-refractivity contribution in [3.63, 3.8) is 0 Å². The second-order valence-electron chi connectivity index (χ2n) is 9.19. The molecule has 0 radical (unpaired) electrons. The number of carbonyl (C=O) groups is 1. The molecule has 168 valence electrons. The van der Waals surface area contributed by atoms with Crippen molar-refractivity contribution < 1.29 is 4.79 Å². The highest BCUT2D eigenvalue weighted by Crippen LogP contribution is 2.24. The number of rotatable bonds is 20. The Labute approximate surface area is 182 Å². The Balaban J connectivity index is 3.43. The Morgan fingerprint density at radius 3 is 1.79 bits per heavy atom. The third-order valence-electron chi connectivity index (χ3n) is 6.04. The van der Waals surface area contributed by atoms with E-state index in [1.165, 1.54) is 88.8 Å². The predicted octanol–water partition coefficient (Wildman–Crippen LogP) is 7.95. The summed E-state index contributed by atoms with van der Waals surface area (Å²) in [4.78, 5) is 14.0. The molecule has 3 heteroatoms. The van der Waals surface area contributed by atoms with Gasteiger partial charge in [0.25, 0.3) is 0 Å². The van der Waals surface area contributed by atoms with Crippen LogP contribution in [0.25, 0.3) is 0 Å². The molecular weight excluding hydrogens is 362 g/mol. The fourth-order valence-corrected chi connectivity index (χ4v) is 4.51. The SMILES string of the molecule is CCCCCCCCC(C)C(C)CCCCCCCC(=O)SCCCN(C)C. The minimum absolute atomic E-state index is 0.399. The largest absolute Gasteiger partial charge is 0.309 e. The van der Waals surface area contributed by atoms with Crippen LogP contribution in [0.15, 0.2) is 0 Å². The summed E-state index contributed by atoms with van der Waals surface area (Å²) in [6.45, 7) is 8.28. The highest BCUT2D eigenvalue weighted by Gasteiger charge is 2.11. The second-order valence-corrected chi connectivity index (χ2v) is 10.3. The molecular formula is C25H51NOS. The van der Waals surface area contributed by atoms with Crippen LogP contribution in [0.3, 0.4) is 0 Å². The molecule has 0 aromatic heterocycles. The molecule has 2 unspecified atom stereocenters. The Morgan fingerprint density at radius 2 is 1.25 bits per heavy atom. The van der Waals surface area contributed by atoms with Gasteiger partial charge in [-0.2, -0.15) is 0 Å². The third-order valence-corrected chi connectivity index (χ3v) is 7.06. The molecule has 0 saturated carbocycles. The van der Waals surface area contributed by atoms with Gasteiger partial charge in [-0.1, -0.05) is 110 Å². The molecule has 0 aliphatic carbocycles. The van der Waals surface area contributed by atoms with E-state index in [0.717, 1.165) is 43.4 Å². The molecule has 0 heterocycles. The summed E-state index contributed by atoms with van der Waals surface area (Å²) in [5.74, 6) is 2.73. The van der Waals surface area contributed by atoms with Gasteiger partial charge < -0.3 is 4.90 Å². The zero-order valence-corrected chi connectivity index (χ0v) is 20.8. The number of thioether (sulfide) groups is 1. The van der Waals surface area contributed by atoms with Crippen molar-refractivity contribution in [2.24, 2.45) is 11.8 Å². The molecule has 28 heavy (non-hydrogen) atoms. The highest BCUT2D eigenvalue weighted by molar-refractivity contribution is 8.13. The first-order valence-electron chi connectivity index (χ1n) is 12.3. The van der Waals surface area contributed by atoms with Crippen LogP contribution in [-0.4, -0.2) is 36.4 Å². The van der Waals surface area contributed by atoms with Crippen LogP contribution >= 0.6 is 11.8 Å². The van der Waals surface area contributed by atoms with Crippen LogP contribution in [0, 0.1) is 11.8 Å². The molecule has 0 N–H and O–H groups in total. The first-order valence-corrected chi connectivity index (χ1v) is 13.3. The van der Waals surface area contributed by atoms with E-state index in [2.05, 4.69) is 39.8 Å². The fourth-order valence-electron chi connectivity index (χ4n) is 3.72. The number of hydrogen-bond donors (Lipinski definition) is 0. The maximum atomic E-state index is 11.9. The van der Waals surface area contributed by atoms with Crippen LogP contribution in [0.2, 0.25) is 0 Å². The normalized spacial score (nSPS) is 13.8. The molecule has 2 atom stereocenters. The van der Waals surface area contributed by atoms with Crippen molar-refractivity contribution in [2.45, 2.75) is 117 Å². The maximum absolute atomic E-state index is 11.9. The summed E-state index contributed by atoms with van der Waals surface area (Å²) in [5.41, 5.74) is 0. The van der Waals surface area contributed by atoms with Gasteiger partial charge in [-0.25, -0.2) is 0 Å². The first kappa shape index (κ1) is 28.0. The molecule has 0 spiro atoms. The van der Waals surface area contributed by atoms with Crippen LogP contribution in [0.5, 0.6) is 0 Å². The summed E-state index contributed by atoms with van der Waals surface area (Å²) >= 11 is 1.54. The lowest BCUT2D eigenvalue weighted by Gasteiger charge is -2.19. The zero-order chi connectivity index (χ0) is 21.0. The minimum Gasteiger partial charge on any atom is -0.309 e. The summed E-state index contributed by atoms with van der Waals surface area (Å²) in [7, 11) is 4.17. The van der Waals surface area contributed by atoms with E-state index in [4.69, 9.17) is 0 Å². The Kier molecular flexibility index (Phi) is 20.2. The summed E-state index contributed by atoms with van der Waals surface area (Å²) < 4.78 is 0. The zero-order valence-electron chi connectivity index (χ0n) is 19.9. The number of hydrogen-bond acceptors (Lipinski definition) is 3. The number of unbranched alkanes of at least 4 members (excludes halogenated alkanes) is 9. The van der Waals surface area contributed by atoms with Gasteiger partial charge in [-0.05, 0) is 45.3 Å². The molecule has 0 aliphatic rings. The van der Waals surface area contributed by atoms with Crippen LogP contribution in [0.1, 0.15) is 117 Å². The molecule has 0 rings (SSSR count). The van der Waals surface area contributed by atoms with Crippen molar-refractivity contribution in [3.8, 4) is 0 Å². The Bertz CT molecular complexity index is 345. The van der Waals surface area contributed by atoms with Crippen LogP contribution < -0.4 is 0 Å². The van der Waals surface area contributed by atoms with E-state index in [-0.39, 0.29) is 0 Å². The quantitative estimate of drug-likeness (QED) is 0.189. The lowest BCUT2D eigenvalue weighted by molar-refractivity contribution is -0.111. The van der Waals surface area contributed by atoms with Gasteiger partial charge in [0.2, 0.25) is 0 Å². The van der Waals surface area contributed by atoms with Gasteiger partial charge in [-0.15, -0.1) is 0 Å². The van der Waals surface area contributed by atoms with E-state index in [1.807, 2.05) is 0 Å². The molecule has 0 fully saturated rings. The summed E-state index contributed by atoms with van der Waals surface area (Å²) in [5, 5.41) is 0.399. The van der Waals surface area contributed by atoms with E-state index >= 15 is 0 Å². The van der Waals surface area contributed by atoms with E-state index < -0.39 is 0 Å². The molecule has 0 saturated heterocycles. The van der Waals surface area contributed by atoms with Gasteiger partial charge in [0.15, 0.2) is 5.12 Å². The lowest BCUT2D eigenvalue weighted by atomic mass is 9.86. The number of nitrogens with zero attached hydrogens (tertiary/aromatic N) is 1. The molecule has 0 amide bonds. The van der Waals surface area contributed by atoms with Crippen molar-refractivity contribution in [1.29, 1.82) is 0 Å². The van der Waals surface area contributed by atoms with Crippen molar-refractivity contribution in [3.05, 3.63) is 0 Å². The van der Waals surface area contributed by atoms with Gasteiger partial charge in [-0.3, -0.25) is 4.79 Å². The van der Waals surface area contributed by atoms with Gasteiger partial charge >= 0.3 is 0 Å². The van der Waals surface area contributed by atoms with Gasteiger partial charge in [0.05, 0.1) is 0 Å². The average molecular weight is 414 g/mol. The topological polar surface area (TPSA) is 20.3 Å². The first-order chi connectivity index (χ1) is 13.5. The standard InChI is InChI=1S/C25H51NOS/c1-6-7-8-9-11-14-18-23(2)24(3)19-15-12-10-13-16-20-25(27)28-22-17-21-26(4)5/h23-24H,6-22H2,1-5H3. The highest BCUT2D eigenvalue weighted by atomic mass is 32.2. The van der Waals surface area contributed by atoms with Crippen LogP contribution in [0.4, 0.5) is 0 Å².